The number of alkyl halides is 6. The van der Waals surface area contributed by atoms with Crippen molar-refractivity contribution in [3.63, 3.8) is 0 Å². The number of aliphatic carboxylic acids is 1. The van der Waals surface area contributed by atoms with E-state index in [2.05, 4.69) is 0 Å². The maximum absolute atomic E-state index is 13.4. The third kappa shape index (κ3) is 8.28. The predicted molar refractivity (Wildman–Crippen MR) is 126 cm³/mol. The van der Waals surface area contributed by atoms with E-state index in [1.807, 2.05) is 0 Å². The van der Waals surface area contributed by atoms with Crippen molar-refractivity contribution < 1.29 is 50.2 Å². The van der Waals surface area contributed by atoms with Crippen LogP contribution in [0.5, 0.6) is 5.75 Å². The van der Waals surface area contributed by atoms with Gasteiger partial charge in [0.05, 0.1) is 17.7 Å². The van der Waals surface area contributed by atoms with E-state index < -0.39 is 52.7 Å². The van der Waals surface area contributed by atoms with Crippen LogP contribution in [0.4, 0.5) is 30.7 Å². The van der Waals surface area contributed by atoms with Crippen LogP contribution in [-0.2, 0) is 17.1 Å². The van der Waals surface area contributed by atoms with Crippen LogP contribution in [-0.4, -0.2) is 41.9 Å². The number of ether oxygens (including phenoxy) is 1. The quantitative estimate of drug-likeness (QED) is 0.224. The van der Waals surface area contributed by atoms with Gasteiger partial charge in [0.2, 0.25) is 0 Å². The van der Waals surface area contributed by atoms with E-state index in [1.54, 1.807) is 7.05 Å². The van der Waals surface area contributed by atoms with Gasteiger partial charge in [-0.25, -0.2) is 4.39 Å². The molecule has 0 fully saturated rings. The number of carbonyl (C=O) groups excluding carboxylic acids is 1. The predicted octanol–water partition coefficient (Wildman–Crippen LogP) is 6.62. The fourth-order valence-electron chi connectivity index (χ4n) is 3.75. The molecule has 0 aliphatic carbocycles. The van der Waals surface area contributed by atoms with E-state index >= 15 is 0 Å². The Balaban J connectivity index is 1.92. The fourth-order valence-corrected chi connectivity index (χ4v) is 3.75. The number of halogens is 7. The number of carboxylic acid groups (broad SMARTS) is 1. The summed E-state index contributed by atoms with van der Waals surface area (Å²) in [5.41, 5.74) is -3.74. The Bertz CT molecular complexity index is 1290. The van der Waals surface area contributed by atoms with Gasteiger partial charge in [0.15, 0.2) is 5.78 Å². The first-order chi connectivity index (χ1) is 18.1. The molecule has 0 heterocycles. The van der Waals surface area contributed by atoms with Crippen LogP contribution < -0.4 is 4.74 Å². The highest BCUT2D eigenvalue weighted by molar-refractivity contribution is 6.09. The molecule has 1 N–H and O–H groups in total. The molecule has 208 valence electrons. The first-order valence-corrected chi connectivity index (χ1v) is 11.4. The van der Waals surface area contributed by atoms with Crippen molar-refractivity contribution in [2.24, 2.45) is 0 Å². The molecule has 0 bridgehead atoms. The zero-order valence-electron chi connectivity index (χ0n) is 20.3. The molecule has 0 aliphatic heterocycles. The van der Waals surface area contributed by atoms with E-state index in [0.717, 1.165) is 0 Å². The number of nitrogens with zero attached hydrogens (tertiary/aromatic N) is 1. The number of carbonyl (C=O) groups is 2. The topological polar surface area (TPSA) is 66.8 Å². The van der Waals surface area contributed by atoms with Crippen LogP contribution >= 0.6 is 0 Å². The zero-order chi connectivity index (χ0) is 29.0. The third-order valence-corrected chi connectivity index (χ3v) is 5.64. The molecule has 3 aromatic carbocycles. The molecule has 39 heavy (non-hydrogen) atoms. The van der Waals surface area contributed by atoms with E-state index in [-0.39, 0.29) is 36.9 Å². The largest absolute Gasteiger partial charge is 0.486 e. The molecule has 12 heteroatoms. The van der Waals surface area contributed by atoms with E-state index in [4.69, 9.17) is 9.84 Å². The second kappa shape index (κ2) is 11.9. The minimum Gasteiger partial charge on any atom is -0.486 e. The van der Waals surface area contributed by atoms with Crippen LogP contribution in [0.2, 0.25) is 0 Å². The lowest BCUT2D eigenvalue weighted by atomic mass is 9.98. The van der Waals surface area contributed by atoms with Crippen LogP contribution in [0.15, 0.2) is 66.7 Å². The summed E-state index contributed by atoms with van der Waals surface area (Å²) >= 11 is 0. The van der Waals surface area contributed by atoms with E-state index in [1.165, 1.54) is 53.4 Å². The molecule has 5 nitrogen and oxygen atoms in total. The van der Waals surface area contributed by atoms with Crippen molar-refractivity contribution in [1.29, 1.82) is 0 Å². The highest BCUT2D eigenvalue weighted by Gasteiger charge is 2.37. The Kier molecular flexibility index (Phi) is 9.00. The lowest BCUT2D eigenvalue weighted by molar-refractivity contribution is -0.143. The molecule has 1 unspecified atom stereocenters. The van der Waals surface area contributed by atoms with Crippen LogP contribution in [0.3, 0.4) is 0 Å². The van der Waals surface area contributed by atoms with Crippen LogP contribution in [0, 0.1) is 5.82 Å². The standard InChI is InChI=1S/C27H22F7NO4/c1-35(15-24(36)37)10-9-23(16-5-7-21(28)8-6-16)39-22-4-2-3-17(13-22)25(38)18-11-19(26(29,30)31)14-20(12-18)27(32,33)34/h2-8,11-14,23H,9-10,15H2,1H3,(H,36,37). The number of hydrogen-bond acceptors (Lipinski definition) is 4. The van der Waals surface area contributed by atoms with Gasteiger partial charge in [0.1, 0.15) is 17.7 Å². The summed E-state index contributed by atoms with van der Waals surface area (Å²) in [6, 6.07) is 11.1. The maximum atomic E-state index is 13.4. The second-order valence-corrected chi connectivity index (χ2v) is 8.73. The monoisotopic (exact) mass is 557 g/mol. The lowest BCUT2D eigenvalue weighted by Gasteiger charge is -2.23. The SMILES string of the molecule is CN(CCC(Oc1cccc(C(=O)c2cc(C(F)(F)F)cc(C(F)(F)F)c2)c1)c1ccc(F)cc1)CC(=O)O. The van der Waals surface area contributed by atoms with Gasteiger partial charge in [0, 0.05) is 24.1 Å². The van der Waals surface area contributed by atoms with Gasteiger partial charge in [-0.2, -0.15) is 26.3 Å². The summed E-state index contributed by atoms with van der Waals surface area (Å²) in [5.74, 6) is -2.57. The summed E-state index contributed by atoms with van der Waals surface area (Å²) < 4.78 is 98.8. The van der Waals surface area contributed by atoms with Gasteiger partial charge >= 0.3 is 18.3 Å². The minimum absolute atomic E-state index is 0.0645. The van der Waals surface area contributed by atoms with Crippen LogP contribution in [0.1, 0.15) is 45.1 Å². The summed E-state index contributed by atoms with van der Waals surface area (Å²) in [5, 5.41) is 8.96. The zero-order valence-corrected chi connectivity index (χ0v) is 20.3. The van der Waals surface area contributed by atoms with Crippen molar-refractivity contribution in [1.82, 2.24) is 4.90 Å². The number of hydrogen-bond donors (Lipinski definition) is 1. The Morgan fingerprint density at radius 2 is 1.46 bits per heavy atom. The Hall–Kier alpha value is -3.93. The normalized spacial score (nSPS) is 12.8. The first kappa shape index (κ1) is 29.6. The third-order valence-electron chi connectivity index (χ3n) is 5.64. The van der Waals surface area contributed by atoms with Gasteiger partial charge < -0.3 is 9.84 Å². The molecule has 3 rings (SSSR count). The molecule has 0 aromatic heterocycles. The van der Waals surface area contributed by atoms with Crippen LogP contribution in [0.25, 0.3) is 0 Å². The maximum Gasteiger partial charge on any atom is 0.416 e. The molecular weight excluding hydrogens is 535 g/mol. The Morgan fingerprint density at radius 3 is 2.00 bits per heavy atom. The highest BCUT2D eigenvalue weighted by atomic mass is 19.4. The average molecular weight is 557 g/mol. The van der Waals surface area contributed by atoms with Gasteiger partial charge in [-0.3, -0.25) is 14.5 Å². The second-order valence-electron chi connectivity index (χ2n) is 8.73. The van der Waals surface area contributed by atoms with Gasteiger partial charge in [-0.15, -0.1) is 0 Å². The lowest BCUT2D eigenvalue weighted by Crippen LogP contribution is -2.28. The Morgan fingerprint density at radius 1 is 0.872 bits per heavy atom. The number of likely N-dealkylation sites (N-methyl/N-ethyl adjacent to an activating group) is 1. The molecule has 0 spiro atoms. The molecule has 0 radical (unpaired) electrons. The van der Waals surface area contributed by atoms with E-state index in [9.17, 15) is 40.3 Å². The molecule has 1 atom stereocenters. The molecule has 0 aliphatic rings. The summed E-state index contributed by atoms with van der Waals surface area (Å²) in [6.07, 6.45) is -10.7. The van der Waals surface area contributed by atoms with Crippen molar-refractivity contribution >= 4 is 11.8 Å². The Labute approximate surface area is 218 Å². The highest BCUT2D eigenvalue weighted by Crippen LogP contribution is 2.37. The van der Waals surface area contributed by atoms with Gasteiger partial charge in [0.25, 0.3) is 0 Å². The summed E-state index contributed by atoms with van der Waals surface area (Å²) in [7, 11) is 1.57. The summed E-state index contributed by atoms with van der Waals surface area (Å²) in [4.78, 5) is 25.4. The smallest absolute Gasteiger partial charge is 0.416 e. The molecule has 0 saturated heterocycles. The summed E-state index contributed by atoms with van der Waals surface area (Å²) in [6.45, 7) is -0.00551. The number of carboxylic acids is 1. The van der Waals surface area contributed by atoms with Crippen molar-refractivity contribution in [2.75, 3.05) is 20.1 Å². The van der Waals surface area contributed by atoms with Crippen molar-refractivity contribution in [2.45, 2.75) is 24.9 Å². The van der Waals surface area contributed by atoms with E-state index in [0.29, 0.717) is 17.7 Å². The molecule has 3 aromatic rings. The molecule has 0 amide bonds. The molecular formula is C27H22F7NO4. The minimum atomic E-state index is -5.11. The number of benzene rings is 3. The average Bonchev–Trinajstić information content (AvgIpc) is 2.85. The van der Waals surface area contributed by atoms with Crippen molar-refractivity contribution in [3.05, 3.63) is 100 Å². The molecule has 0 saturated carbocycles. The fraction of sp³-hybridized carbons (Fsp3) is 0.259. The first-order valence-electron chi connectivity index (χ1n) is 11.4. The number of rotatable bonds is 10. The van der Waals surface area contributed by atoms with Crippen molar-refractivity contribution in [3.8, 4) is 5.75 Å². The van der Waals surface area contributed by atoms with Gasteiger partial charge in [-0.05, 0) is 55.1 Å². The number of ketones is 1. The van der Waals surface area contributed by atoms with Gasteiger partial charge in [-0.1, -0.05) is 24.3 Å².